The topological polar surface area (TPSA) is 20.2 Å². The van der Waals surface area contributed by atoms with Crippen LogP contribution >= 0.6 is 0 Å². The number of allylic oxidation sites excluding steroid dienone is 3. The Labute approximate surface area is 99.3 Å². The van der Waals surface area contributed by atoms with Crippen molar-refractivity contribution in [3.05, 3.63) is 23.8 Å². The zero-order valence-corrected chi connectivity index (χ0v) is 10.8. The van der Waals surface area contributed by atoms with Gasteiger partial charge in [0.2, 0.25) is 0 Å². The fourth-order valence-corrected chi connectivity index (χ4v) is 3.57. The van der Waals surface area contributed by atoms with Crippen molar-refractivity contribution in [1.29, 1.82) is 0 Å². The smallest absolute Gasteiger partial charge is 0.0605 e. The van der Waals surface area contributed by atoms with Crippen molar-refractivity contribution in [3.63, 3.8) is 0 Å². The third-order valence-corrected chi connectivity index (χ3v) is 4.88. The van der Waals surface area contributed by atoms with E-state index >= 15 is 0 Å². The van der Waals surface area contributed by atoms with E-state index in [1.807, 2.05) is 0 Å². The first-order chi connectivity index (χ1) is 7.43. The fraction of sp³-hybridized carbons (Fsp3) is 0.733. The Morgan fingerprint density at radius 2 is 2.19 bits per heavy atom. The highest BCUT2D eigenvalue weighted by molar-refractivity contribution is 5.15. The summed E-state index contributed by atoms with van der Waals surface area (Å²) in [5.74, 6) is 1.17. The molecule has 0 saturated heterocycles. The minimum Gasteiger partial charge on any atom is -0.393 e. The highest BCUT2D eigenvalue weighted by Crippen LogP contribution is 2.52. The lowest BCUT2D eigenvalue weighted by atomic mass is 9.56. The van der Waals surface area contributed by atoms with Crippen LogP contribution in [-0.2, 0) is 0 Å². The van der Waals surface area contributed by atoms with Crippen molar-refractivity contribution in [2.45, 2.75) is 52.6 Å². The highest BCUT2D eigenvalue weighted by Gasteiger charge is 2.47. The molecule has 0 heterocycles. The van der Waals surface area contributed by atoms with Crippen LogP contribution in [0.5, 0.6) is 0 Å². The lowest BCUT2D eigenvalue weighted by molar-refractivity contribution is -0.0595. The second-order valence-corrected chi connectivity index (χ2v) is 6.20. The third kappa shape index (κ3) is 1.86. The molecular formula is C15H24O. The number of rotatable bonds is 1. The van der Waals surface area contributed by atoms with E-state index in [0.717, 1.165) is 19.3 Å². The molecule has 0 aromatic heterocycles. The van der Waals surface area contributed by atoms with Crippen LogP contribution in [0, 0.1) is 17.3 Å². The summed E-state index contributed by atoms with van der Waals surface area (Å²) in [6.07, 6.45) is 6.55. The van der Waals surface area contributed by atoms with Crippen molar-refractivity contribution in [1.82, 2.24) is 0 Å². The molecule has 2 aliphatic rings. The van der Waals surface area contributed by atoms with Crippen LogP contribution in [0.25, 0.3) is 0 Å². The molecule has 90 valence electrons. The predicted octanol–water partition coefficient (Wildman–Crippen LogP) is 3.70. The summed E-state index contributed by atoms with van der Waals surface area (Å²) >= 11 is 0. The van der Waals surface area contributed by atoms with Crippen LogP contribution in [0.3, 0.4) is 0 Å². The number of aliphatic hydroxyl groups is 1. The SMILES string of the molecule is C=C(C)C1CC(O)C2(C)CC(C)=CCC2C1. The van der Waals surface area contributed by atoms with Crippen LogP contribution in [0.4, 0.5) is 0 Å². The molecule has 1 saturated carbocycles. The maximum atomic E-state index is 10.4. The largest absolute Gasteiger partial charge is 0.393 e. The molecule has 0 bridgehead atoms. The standard InChI is InChI=1S/C15H24O/c1-10(2)12-7-13-6-5-11(3)9-15(13,4)14(16)8-12/h5,12-14,16H,1,6-9H2,2-4H3. The number of fused-ring (bicyclic) bond motifs is 1. The Morgan fingerprint density at radius 1 is 1.50 bits per heavy atom. The molecule has 0 amide bonds. The molecule has 0 aliphatic heterocycles. The van der Waals surface area contributed by atoms with E-state index in [1.165, 1.54) is 17.6 Å². The molecule has 2 rings (SSSR count). The van der Waals surface area contributed by atoms with Crippen LogP contribution in [0.2, 0.25) is 0 Å². The average Bonchev–Trinajstić information content (AvgIpc) is 2.19. The Morgan fingerprint density at radius 3 is 2.81 bits per heavy atom. The van der Waals surface area contributed by atoms with E-state index in [9.17, 15) is 5.11 Å². The summed E-state index contributed by atoms with van der Waals surface area (Å²) in [5.41, 5.74) is 2.81. The van der Waals surface area contributed by atoms with Gasteiger partial charge in [-0.1, -0.05) is 30.7 Å². The normalized spacial score (nSPS) is 43.5. The number of aliphatic hydroxyl groups excluding tert-OH is 1. The first kappa shape index (κ1) is 11.9. The van der Waals surface area contributed by atoms with Gasteiger partial charge in [-0.25, -0.2) is 0 Å². The first-order valence-corrected chi connectivity index (χ1v) is 6.42. The zero-order valence-electron chi connectivity index (χ0n) is 10.8. The molecular weight excluding hydrogens is 196 g/mol. The van der Waals surface area contributed by atoms with Crippen LogP contribution in [0.1, 0.15) is 46.5 Å². The van der Waals surface area contributed by atoms with Crippen molar-refractivity contribution in [3.8, 4) is 0 Å². The molecule has 0 radical (unpaired) electrons. The summed E-state index contributed by atoms with van der Waals surface area (Å²) in [5, 5.41) is 10.4. The fourth-order valence-electron chi connectivity index (χ4n) is 3.57. The molecule has 4 unspecified atom stereocenters. The van der Waals surface area contributed by atoms with E-state index in [-0.39, 0.29) is 11.5 Å². The third-order valence-electron chi connectivity index (χ3n) is 4.88. The number of hydrogen-bond donors (Lipinski definition) is 1. The van der Waals surface area contributed by atoms with Gasteiger partial charge in [0.1, 0.15) is 0 Å². The van der Waals surface area contributed by atoms with Gasteiger partial charge in [0.15, 0.2) is 0 Å². The van der Waals surface area contributed by atoms with Crippen LogP contribution in [-0.4, -0.2) is 11.2 Å². The van der Waals surface area contributed by atoms with Gasteiger partial charge in [-0.3, -0.25) is 0 Å². The predicted molar refractivity (Wildman–Crippen MR) is 68.1 cm³/mol. The summed E-state index contributed by atoms with van der Waals surface area (Å²) in [7, 11) is 0. The van der Waals surface area contributed by atoms with E-state index in [0.29, 0.717) is 11.8 Å². The van der Waals surface area contributed by atoms with Gasteiger partial charge in [0.25, 0.3) is 0 Å². The lowest BCUT2D eigenvalue weighted by Crippen LogP contribution is -2.47. The van der Waals surface area contributed by atoms with E-state index in [1.54, 1.807) is 0 Å². The first-order valence-electron chi connectivity index (χ1n) is 6.42. The molecule has 1 nitrogen and oxygen atoms in total. The summed E-state index contributed by atoms with van der Waals surface area (Å²) in [6.45, 7) is 10.6. The van der Waals surface area contributed by atoms with Gasteiger partial charge < -0.3 is 5.11 Å². The quantitative estimate of drug-likeness (QED) is 0.668. The zero-order chi connectivity index (χ0) is 11.9. The van der Waals surface area contributed by atoms with Crippen molar-refractivity contribution >= 4 is 0 Å². The Kier molecular flexibility index (Phi) is 3.00. The van der Waals surface area contributed by atoms with Gasteiger partial charge in [-0.05, 0) is 51.4 Å². The van der Waals surface area contributed by atoms with Gasteiger partial charge in [0.05, 0.1) is 6.10 Å². The highest BCUT2D eigenvalue weighted by atomic mass is 16.3. The van der Waals surface area contributed by atoms with E-state index in [2.05, 4.69) is 33.4 Å². The summed E-state index contributed by atoms with van der Waals surface area (Å²) in [6, 6.07) is 0. The molecule has 0 aromatic rings. The summed E-state index contributed by atoms with van der Waals surface area (Å²) in [4.78, 5) is 0. The maximum Gasteiger partial charge on any atom is 0.0605 e. The molecule has 0 spiro atoms. The van der Waals surface area contributed by atoms with Gasteiger partial charge >= 0.3 is 0 Å². The van der Waals surface area contributed by atoms with Crippen LogP contribution < -0.4 is 0 Å². The monoisotopic (exact) mass is 220 g/mol. The van der Waals surface area contributed by atoms with Crippen molar-refractivity contribution in [2.24, 2.45) is 17.3 Å². The van der Waals surface area contributed by atoms with Gasteiger partial charge in [0, 0.05) is 5.41 Å². The molecule has 4 atom stereocenters. The second kappa shape index (κ2) is 4.03. The maximum absolute atomic E-state index is 10.4. The second-order valence-electron chi connectivity index (χ2n) is 6.20. The van der Waals surface area contributed by atoms with Crippen LogP contribution in [0.15, 0.2) is 23.8 Å². The molecule has 16 heavy (non-hydrogen) atoms. The molecule has 1 fully saturated rings. The Balaban J connectivity index is 2.22. The minimum atomic E-state index is -0.156. The molecule has 1 heteroatoms. The van der Waals surface area contributed by atoms with Crippen molar-refractivity contribution in [2.75, 3.05) is 0 Å². The van der Waals surface area contributed by atoms with Crippen molar-refractivity contribution < 1.29 is 5.11 Å². The average molecular weight is 220 g/mol. The summed E-state index contributed by atoms with van der Waals surface area (Å²) < 4.78 is 0. The molecule has 1 N–H and O–H groups in total. The number of hydrogen-bond acceptors (Lipinski definition) is 1. The van der Waals surface area contributed by atoms with Gasteiger partial charge in [-0.2, -0.15) is 0 Å². The lowest BCUT2D eigenvalue weighted by Gasteiger charge is -2.50. The Bertz CT molecular complexity index is 328. The molecule has 0 aromatic carbocycles. The Hall–Kier alpha value is -0.560. The van der Waals surface area contributed by atoms with E-state index < -0.39 is 0 Å². The molecule has 2 aliphatic carbocycles. The van der Waals surface area contributed by atoms with Gasteiger partial charge in [-0.15, -0.1) is 0 Å². The minimum absolute atomic E-state index is 0.116. The van der Waals surface area contributed by atoms with E-state index in [4.69, 9.17) is 0 Å².